The van der Waals surface area contributed by atoms with Gasteiger partial charge >= 0.3 is 18.2 Å². The molecule has 0 bridgehead atoms. The summed E-state index contributed by atoms with van der Waals surface area (Å²) in [5.74, 6) is -1.47. The van der Waals surface area contributed by atoms with Crippen LogP contribution in [0.1, 0.15) is 53.7 Å². The molecule has 1 fully saturated rings. The van der Waals surface area contributed by atoms with Gasteiger partial charge < -0.3 is 29.4 Å². The van der Waals surface area contributed by atoms with Gasteiger partial charge in [-0.3, -0.25) is 19.5 Å². The first-order valence-corrected chi connectivity index (χ1v) is 16.0. The van der Waals surface area contributed by atoms with Gasteiger partial charge in [0, 0.05) is 13.3 Å². The summed E-state index contributed by atoms with van der Waals surface area (Å²) in [6, 6.07) is 16.6. The van der Waals surface area contributed by atoms with Gasteiger partial charge in [0.25, 0.3) is 5.88 Å². The Bertz CT molecular complexity index is 1790. The van der Waals surface area contributed by atoms with Gasteiger partial charge in [0.2, 0.25) is 11.9 Å². The maximum atomic E-state index is 13.8. The van der Waals surface area contributed by atoms with Crippen molar-refractivity contribution in [2.24, 2.45) is 0 Å². The average molecular weight is 690 g/mol. The lowest BCUT2D eigenvalue weighted by Crippen LogP contribution is -2.48. The molecule has 0 spiro atoms. The normalized spacial score (nSPS) is 18.7. The fourth-order valence-electron chi connectivity index (χ4n) is 5.34. The predicted octanol–water partition coefficient (Wildman–Crippen LogP) is 4.62. The Labute approximate surface area is 287 Å². The Hall–Kier alpha value is -5.61. The number of nitrogens with one attached hydrogen (secondary N) is 2. The van der Waals surface area contributed by atoms with Gasteiger partial charge in [-0.25, -0.2) is 19.5 Å². The van der Waals surface area contributed by atoms with Crippen LogP contribution in [0.15, 0.2) is 67.0 Å². The molecule has 0 unspecified atom stereocenters. The molecule has 3 N–H and O–H groups in total. The molecule has 0 aliphatic carbocycles. The van der Waals surface area contributed by atoms with Crippen LogP contribution in [-0.4, -0.2) is 79.1 Å². The third-order valence-electron chi connectivity index (χ3n) is 7.34. The molecule has 0 radical (unpaired) electrons. The van der Waals surface area contributed by atoms with Crippen molar-refractivity contribution < 1.29 is 43.2 Å². The van der Waals surface area contributed by atoms with E-state index in [1.807, 2.05) is 12.1 Å². The second-order valence-electron chi connectivity index (χ2n) is 12.3. The minimum atomic E-state index is -1.40. The van der Waals surface area contributed by atoms with Gasteiger partial charge in [0.15, 0.2) is 17.4 Å². The van der Waals surface area contributed by atoms with Crippen LogP contribution in [-0.2, 0) is 23.8 Å². The van der Waals surface area contributed by atoms with E-state index < -0.39 is 54.1 Å². The third kappa shape index (κ3) is 8.51. The SMILES string of the molecule is CCOC(=O)CC[C@H]1O[C@@H](n2cnc3c(OC(=O)N(c4ccccc4)c4ccccc4)nc(NC(C)=O)nc32)[C@H](O)[C@@H]1NC(=O)OC(C)(C)C. The molecule has 1 saturated heterocycles. The van der Waals surface area contributed by atoms with Gasteiger partial charge in [-0.1, -0.05) is 36.4 Å². The number of esters is 1. The lowest BCUT2D eigenvalue weighted by atomic mass is 10.0. The zero-order chi connectivity index (χ0) is 36.0. The van der Waals surface area contributed by atoms with Crippen molar-refractivity contribution in [3.63, 3.8) is 0 Å². The second kappa shape index (κ2) is 15.3. The monoisotopic (exact) mass is 689 g/mol. The number of rotatable bonds is 10. The minimum absolute atomic E-state index is 0.0101. The molecular formula is C34H39N7O9. The number of aliphatic hydroxyl groups is 1. The van der Waals surface area contributed by atoms with Crippen LogP contribution in [0.3, 0.4) is 0 Å². The van der Waals surface area contributed by atoms with Crippen molar-refractivity contribution in [2.75, 3.05) is 16.8 Å². The maximum absolute atomic E-state index is 13.8. The number of para-hydroxylation sites is 2. The molecule has 0 saturated carbocycles. The first kappa shape index (κ1) is 35.7. The van der Waals surface area contributed by atoms with E-state index in [0.717, 1.165) is 0 Å². The number of ether oxygens (including phenoxy) is 4. The van der Waals surface area contributed by atoms with E-state index in [1.54, 1.807) is 76.2 Å². The number of nitrogens with zero attached hydrogens (tertiary/aromatic N) is 5. The number of carbonyl (C=O) groups excluding carboxylic acids is 4. The summed E-state index contributed by atoms with van der Waals surface area (Å²) in [5.41, 5.74) is 0.249. The molecule has 16 heteroatoms. The number of alkyl carbamates (subject to hydrolysis) is 1. The quantitative estimate of drug-likeness (QED) is 0.196. The molecule has 2 aromatic heterocycles. The van der Waals surface area contributed by atoms with Crippen LogP contribution >= 0.6 is 0 Å². The summed E-state index contributed by atoms with van der Waals surface area (Å²) >= 11 is 0. The lowest BCUT2D eigenvalue weighted by Gasteiger charge is -2.25. The smallest absolute Gasteiger partial charge is 0.425 e. The highest BCUT2D eigenvalue weighted by atomic mass is 16.6. The highest BCUT2D eigenvalue weighted by Gasteiger charge is 2.46. The zero-order valence-electron chi connectivity index (χ0n) is 28.2. The summed E-state index contributed by atoms with van der Waals surface area (Å²) in [6.45, 7) is 8.22. The molecular weight excluding hydrogens is 650 g/mol. The molecule has 50 heavy (non-hydrogen) atoms. The van der Waals surface area contributed by atoms with E-state index in [-0.39, 0.29) is 42.4 Å². The van der Waals surface area contributed by atoms with Crippen molar-refractivity contribution in [3.8, 4) is 5.88 Å². The molecule has 264 valence electrons. The number of benzene rings is 2. The van der Waals surface area contributed by atoms with Crippen LogP contribution < -0.4 is 20.3 Å². The summed E-state index contributed by atoms with van der Waals surface area (Å²) in [6.07, 6.45) is -3.77. The molecule has 1 aliphatic heterocycles. The first-order valence-electron chi connectivity index (χ1n) is 16.0. The summed E-state index contributed by atoms with van der Waals surface area (Å²) in [7, 11) is 0. The number of hydrogen-bond acceptors (Lipinski definition) is 12. The van der Waals surface area contributed by atoms with Gasteiger partial charge in [0.05, 0.1) is 36.5 Å². The number of imidazole rings is 1. The average Bonchev–Trinajstić information content (AvgIpc) is 3.60. The fraction of sp³-hybridized carbons (Fsp3) is 0.382. The van der Waals surface area contributed by atoms with E-state index in [0.29, 0.717) is 11.4 Å². The summed E-state index contributed by atoms with van der Waals surface area (Å²) in [5, 5.41) is 16.7. The third-order valence-corrected chi connectivity index (χ3v) is 7.34. The Morgan fingerprint density at radius 3 is 2.22 bits per heavy atom. The number of aromatic nitrogens is 4. The fourth-order valence-corrected chi connectivity index (χ4v) is 5.34. The molecule has 16 nitrogen and oxygen atoms in total. The molecule has 4 atom stereocenters. The topological polar surface area (TPSA) is 196 Å². The Morgan fingerprint density at radius 1 is 1.00 bits per heavy atom. The number of aliphatic hydroxyl groups excluding tert-OH is 1. The minimum Gasteiger partial charge on any atom is -0.466 e. The number of hydrogen-bond donors (Lipinski definition) is 3. The Morgan fingerprint density at radius 2 is 1.64 bits per heavy atom. The van der Waals surface area contributed by atoms with Crippen LogP contribution in [0.4, 0.5) is 26.9 Å². The van der Waals surface area contributed by atoms with Crippen molar-refractivity contribution in [3.05, 3.63) is 67.0 Å². The van der Waals surface area contributed by atoms with Gasteiger partial charge in [-0.2, -0.15) is 9.97 Å². The van der Waals surface area contributed by atoms with Crippen molar-refractivity contribution in [1.82, 2.24) is 24.8 Å². The summed E-state index contributed by atoms with van der Waals surface area (Å²) < 4.78 is 23.9. The van der Waals surface area contributed by atoms with Crippen molar-refractivity contribution in [1.29, 1.82) is 0 Å². The van der Waals surface area contributed by atoms with Crippen molar-refractivity contribution in [2.45, 2.75) is 77.5 Å². The van der Waals surface area contributed by atoms with Crippen molar-refractivity contribution >= 4 is 52.5 Å². The van der Waals surface area contributed by atoms with Crippen LogP contribution in [0.25, 0.3) is 11.2 Å². The molecule has 2 aromatic carbocycles. The molecule has 5 rings (SSSR count). The van der Waals surface area contributed by atoms with E-state index in [1.165, 1.54) is 22.7 Å². The van der Waals surface area contributed by atoms with Crippen LogP contribution in [0.5, 0.6) is 5.88 Å². The zero-order valence-corrected chi connectivity index (χ0v) is 28.2. The van der Waals surface area contributed by atoms with Gasteiger partial charge in [-0.05, 0) is 58.4 Å². The van der Waals surface area contributed by atoms with E-state index in [2.05, 4.69) is 25.6 Å². The lowest BCUT2D eigenvalue weighted by molar-refractivity contribution is -0.144. The Balaban J connectivity index is 1.51. The molecule has 4 aromatic rings. The predicted molar refractivity (Wildman–Crippen MR) is 180 cm³/mol. The molecule has 1 aliphatic rings. The number of carbonyl (C=O) groups is 4. The van der Waals surface area contributed by atoms with Gasteiger partial charge in [-0.15, -0.1) is 0 Å². The number of anilines is 3. The number of amides is 3. The summed E-state index contributed by atoms with van der Waals surface area (Å²) in [4.78, 5) is 65.3. The Kier molecular flexibility index (Phi) is 10.9. The molecule has 3 amide bonds. The molecule has 3 heterocycles. The van der Waals surface area contributed by atoms with E-state index in [9.17, 15) is 24.3 Å². The largest absolute Gasteiger partial charge is 0.466 e. The first-order chi connectivity index (χ1) is 23.8. The van der Waals surface area contributed by atoms with Crippen LogP contribution in [0, 0.1) is 0 Å². The highest BCUT2D eigenvalue weighted by molar-refractivity contribution is 5.98. The van der Waals surface area contributed by atoms with E-state index in [4.69, 9.17) is 18.9 Å². The standard InChI is InChI=1S/C34H39N7O9/c1-6-47-24(43)18-17-23-25(37-32(45)50-34(3,4)5)27(44)30(48-23)40-19-35-26-28(40)38-31(36-20(2)42)39-29(26)49-33(46)41(21-13-9-7-10-14-21)22-15-11-8-12-16-22/h7-16,19,23,25,27,30,44H,6,17-18H2,1-5H3,(H,37,45)(H,36,38,39,42)/t23-,25-,27-,30-/m1/s1. The maximum Gasteiger partial charge on any atom is 0.425 e. The van der Waals surface area contributed by atoms with Crippen LogP contribution in [0.2, 0.25) is 0 Å². The van der Waals surface area contributed by atoms with E-state index >= 15 is 0 Å². The second-order valence-corrected chi connectivity index (χ2v) is 12.3. The number of fused-ring (bicyclic) bond motifs is 1. The highest BCUT2D eigenvalue weighted by Crippen LogP contribution is 2.36. The van der Waals surface area contributed by atoms with Gasteiger partial charge in [0.1, 0.15) is 11.7 Å².